The Kier molecular flexibility index (Phi) is 5.83. The molecule has 8 nitrogen and oxygen atoms in total. The molecule has 1 aliphatic rings. The van der Waals surface area contributed by atoms with Crippen LogP contribution in [0, 0.1) is 10.1 Å². The molecular weight excluding hydrogens is 432 g/mol. The Morgan fingerprint density at radius 1 is 1.16 bits per heavy atom. The number of nitro benzene ring substituents is 1. The summed E-state index contributed by atoms with van der Waals surface area (Å²) >= 11 is 0.764. The lowest BCUT2D eigenvalue weighted by Gasteiger charge is -2.14. The van der Waals surface area contributed by atoms with Crippen molar-refractivity contribution in [3.8, 4) is 11.5 Å². The van der Waals surface area contributed by atoms with E-state index in [1.807, 2.05) is 42.5 Å². The Hall–Kier alpha value is -3.85. The van der Waals surface area contributed by atoms with Gasteiger partial charge in [0.1, 0.15) is 0 Å². The minimum Gasteiger partial charge on any atom is -0.500 e. The van der Waals surface area contributed by atoms with Crippen molar-refractivity contribution >= 4 is 45.4 Å². The van der Waals surface area contributed by atoms with Crippen LogP contribution in [0.1, 0.15) is 18.1 Å². The Morgan fingerprint density at radius 2 is 1.91 bits per heavy atom. The number of benzene rings is 3. The molecule has 0 spiro atoms. The number of carbonyl (C=O) groups is 2. The van der Waals surface area contributed by atoms with Crippen molar-refractivity contribution in [1.29, 1.82) is 0 Å². The molecule has 0 bridgehead atoms. The molecule has 3 aromatic carbocycles. The number of carbonyl (C=O) groups excluding carboxylic acids is 2. The zero-order chi connectivity index (χ0) is 22.8. The smallest absolute Gasteiger partial charge is 0.315 e. The Bertz CT molecular complexity index is 1280. The van der Waals surface area contributed by atoms with Crippen LogP contribution in [-0.2, 0) is 11.3 Å². The molecule has 9 heteroatoms. The number of amides is 2. The number of phenolic OH excluding ortho intramolecular Hbond substituents is 1. The van der Waals surface area contributed by atoms with Gasteiger partial charge in [-0.15, -0.1) is 0 Å². The number of hydrogen-bond donors (Lipinski definition) is 1. The highest BCUT2D eigenvalue weighted by Gasteiger charge is 2.35. The van der Waals surface area contributed by atoms with Gasteiger partial charge in [-0.2, -0.15) is 0 Å². The lowest BCUT2D eigenvalue weighted by atomic mass is 10.0. The number of aromatic hydroxyl groups is 1. The third-order valence-electron chi connectivity index (χ3n) is 4.95. The van der Waals surface area contributed by atoms with Crippen LogP contribution in [-0.4, -0.2) is 32.7 Å². The fourth-order valence-corrected chi connectivity index (χ4v) is 4.33. The van der Waals surface area contributed by atoms with E-state index in [1.165, 1.54) is 12.1 Å². The summed E-state index contributed by atoms with van der Waals surface area (Å²) < 4.78 is 5.27. The van der Waals surface area contributed by atoms with Gasteiger partial charge in [-0.1, -0.05) is 42.5 Å². The first-order valence-electron chi connectivity index (χ1n) is 9.75. The molecule has 1 fully saturated rings. The summed E-state index contributed by atoms with van der Waals surface area (Å²) in [6, 6.07) is 15.9. The molecule has 1 heterocycles. The van der Waals surface area contributed by atoms with E-state index in [4.69, 9.17) is 4.74 Å². The average molecular weight is 450 g/mol. The highest BCUT2D eigenvalue weighted by molar-refractivity contribution is 8.18. The summed E-state index contributed by atoms with van der Waals surface area (Å²) in [5.41, 5.74) is 0.566. The number of imide groups is 1. The monoisotopic (exact) mass is 450 g/mol. The number of phenols is 1. The molecule has 2 amide bonds. The van der Waals surface area contributed by atoms with Gasteiger partial charge in [-0.3, -0.25) is 24.6 Å². The van der Waals surface area contributed by atoms with Crippen molar-refractivity contribution in [2.45, 2.75) is 13.5 Å². The van der Waals surface area contributed by atoms with Gasteiger partial charge >= 0.3 is 5.69 Å². The number of hydrogen-bond acceptors (Lipinski definition) is 7. The molecule has 0 aromatic heterocycles. The summed E-state index contributed by atoms with van der Waals surface area (Å²) in [4.78, 5) is 37.4. The van der Waals surface area contributed by atoms with Gasteiger partial charge < -0.3 is 9.84 Å². The number of ether oxygens (including phenoxy) is 1. The lowest BCUT2D eigenvalue weighted by molar-refractivity contribution is -0.386. The summed E-state index contributed by atoms with van der Waals surface area (Å²) in [5, 5.41) is 22.9. The largest absolute Gasteiger partial charge is 0.500 e. The van der Waals surface area contributed by atoms with Gasteiger partial charge in [-0.25, -0.2) is 0 Å². The number of fused-ring (bicyclic) bond motifs is 1. The maximum Gasteiger partial charge on any atom is 0.315 e. The van der Waals surface area contributed by atoms with E-state index in [9.17, 15) is 24.8 Å². The van der Waals surface area contributed by atoms with Gasteiger partial charge in [0.2, 0.25) is 5.75 Å². The second-order valence-corrected chi connectivity index (χ2v) is 7.98. The van der Waals surface area contributed by atoms with E-state index in [0.29, 0.717) is 0 Å². The van der Waals surface area contributed by atoms with Gasteiger partial charge in [0.05, 0.1) is 23.0 Å². The zero-order valence-electron chi connectivity index (χ0n) is 17.0. The third-order valence-corrected chi connectivity index (χ3v) is 5.86. The summed E-state index contributed by atoms with van der Waals surface area (Å²) in [6.45, 7) is 1.98. The number of nitro groups is 1. The maximum atomic E-state index is 13.0. The molecule has 4 rings (SSSR count). The molecule has 0 unspecified atom stereocenters. The van der Waals surface area contributed by atoms with Crippen LogP contribution in [0.3, 0.4) is 0 Å². The highest BCUT2D eigenvalue weighted by atomic mass is 32.2. The van der Waals surface area contributed by atoms with E-state index in [1.54, 1.807) is 6.92 Å². The molecule has 0 aliphatic carbocycles. The van der Waals surface area contributed by atoms with Crippen LogP contribution >= 0.6 is 11.8 Å². The fraction of sp³-hybridized carbons (Fsp3) is 0.130. The topological polar surface area (TPSA) is 110 Å². The first-order chi connectivity index (χ1) is 15.4. The van der Waals surface area contributed by atoms with Crippen LogP contribution in [0.15, 0.2) is 59.5 Å². The minimum absolute atomic E-state index is 0.0667. The van der Waals surface area contributed by atoms with Gasteiger partial charge in [0, 0.05) is 6.07 Å². The van der Waals surface area contributed by atoms with E-state index in [0.717, 1.165) is 39.1 Å². The van der Waals surface area contributed by atoms with Gasteiger partial charge in [0.25, 0.3) is 11.1 Å². The van der Waals surface area contributed by atoms with Crippen LogP contribution < -0.4 is 4.74 Å². The summed E-state index contributed by atoms with van der Waals surface area (Å²) in [7, 11) is 0. The summed E-state index contributed by atoms with van der Waals surface area (Å²) in [6.07, 6.45) is 1.39. The number of thioether (sulfide) groups is 1. The van der Waals surface area contributed by atoms with E-state index < -0.39 is 27.5 Å². The van der Waals surface area contributed by atoms with Crippen LogP contribution in [0.2, 0.25) is 0 Å². The average Bonchev–Trinajstić information content (AvgIpc) is 3.03. The molecule has 0 radical (unpaired) electrons. The highest BCUT2D eigenvalue weighted by Crippen LogP contribution is 2.40. The molecule has 1 saturated heterocycles. The normalized spacial score (nSPS) is 15.0. The second kappa shape index (κ2) is 8.72. The SMILES string of the molecule is CCOc1cc(/C=C2\SC(=O)N(Cc3cccc4ccccc34)C2=O)cc([N+](=O)[O-])c1O. The standard InChI is InChI=1S/C23H18N2O6S/c1-2-31-19-11-14(10-18(21(19)26)25(29)30)12-20-22(27)24(23(28)32-20)13-16-8-5-7-15-6-3-4-9-17(15)16/h3-12,26H,2,13H2,1H3/b20-12-. The molecule has 32 heavy (non-hydrogen) atoms. The van der Waals surface area contributed by atoms with Gasteiger partial charge in [-0.05, 0) is 52.7 Å². The van der Waals surface area contributed by atoms with Crippen molar-refractivity contribution in [2.24, 2.45) is 0 Å². The maximum absolute atomic E-state index is 13.0. The molecule has 162 valence electrons. The van der Waals surface area contributed by atoms with Gasteiger partial charge in [0.15, 0.2) is 5.75 Å². The Balaban J connectivity index is 1.66. The molecule has 1 aliphatic heterocycles. The van der Waals surface area contributed by atoms with Crippen molar-refractivity contribution in [2.75, 3.05) is 6.61 Å². The predicted octanol–water partition coefficient (Wildman–Crippen LogP) is 5.09. The van der Waals surface area contributed by atoms with Crippen molar-refractivity contribution in [1.82, 2.24) is 4.90 Å². The van der Waals surface area contributed by atoms with Crippen molar-refractivity contribution in [3.05, 3.63) is 80.7 Å². The first kappa shape index (κ1) is 21.4. The van der Waals surface area contributed by atoms with Crippen LogP contribution in [0.25, 0.3) is 16.8 Å². The molecule has 0 saturated carbocycles. The number of rotatable bonds is 6. The van der Waals surface area contributed by atoms with Crippen molar-refractivity contribution < 1.29 is 24.4 Å². The van der Waals surface area contributed by atoms with Crippen LogP contribution in [0.4, 0.5) is 10.5 Å². The molecule has 3 aromatic rings. The third kappa shape index (κ3) is 4.02. The first-order valence-corrected chi connectivity index (χ1v) is 10.6. The zero-order valence-corrected chi connectivity index (χ0v) is 17.8. The predicted molar refractivity (Wildman–Crippen MR) is 121 cm³/mol. The summed E-state index contributed by atoms with van der Waals surface area (Å²) in [5.74, 6) is -1.14. The molecule has 0 atom stereocenters. The van der Waals surface area contributed by atoms with E-state index in [-0.39, 0.29) is 29.4 Å². The quantitative estimate of drug-likeness (QED) is 0.316. The van der Waals surface area contributed by atoms with E-state index in [2.05, 4.69) is 0 Å². The second-order valence-electron chi connectivity index (χ2n) is 6.98. The van der Waals surface area contributed by atoms with Crippen molar-refractivity contribution in [3.63, 3.8) is 0 Å². The molecule has 1 N–H and O–H groups in total. The Labute approximate surface area is 187 Å². The van der Waals surface area contributed by atoms with Crippen LogP contribution in [0.5, 0.6) is 11.5 Å². The minimum atomic E-state index is -0.735. The molecular formula is C23H18N2O6S. The lowest BCUT2D eigenvalue weighted by Crippen LogP contribution is -2.27. The fourth-order valence-electron chi connectivity index (χ4n) is 3.49. The van der Waals surface area contributed by atoms with E-state index >= 15 is 0 Å². The number of nitrogens with zero attached hydrogens (tertiary/aromatic N) is 2. The Morgan fingerprint density at radius 3 is 2.66 bits per heavy atom.